The first-order valence-corrected chi connectivity index (χ1v) is 35.1. The lowest BCUT2D eigenvalue weighted by atomic mass is 9.70. The third-order valence-corrected chi connectivity index (χ3v) is 18.7. The zero-order valence-corrected chi connectivity index (χ0v) is 58.2. The summed E-state index contributed by atoms with van der Waals surface area (Å²) in [6.07, 6.45) is 0. The Hall–Kier alpha value is -10.3. The molecule has 0 aliphatic heterocycles. The van der Waals surface area contributed by atoms with Crippen molar-refractivity contribution in [3.8, 4) is 39.1 Å². The van der Waals surface area contributed by atoms with Crippen LogP contribution in [0.3, 0.4) is 0 Å². The molecule has 0 N–H and O–H groups in total. The van der Waals surface area contributed by atoms with Crippen LogP contribution < -0.4 is 0 Å². The molecule has 3 heterocycles. The first kappa shape index (κ1) is 67.6. The fourth-order valence-electron chi connectivity index (χ4n) is 13.8. The molecule has 0 radical (unpaired) electrons. The zero-order chi connectivity index (χ0) is 66.9. The fourth-order valence-corrected chi connectivity index (χ4v) is 15.0. The minimum atomic E-state index is -0.180. The Labute approximate surface area is 568 Å². The Morgan fingerprint density at radius 1 is 0.242 bits per heavy atom. The molecule has 95 heavy (non-hydrogen) atoms. The Morgan fingerprint density at radius 2 is 0.495 bits per heavy atom. The lowest BCUT2D eigenvalue weighted by Gasteiger charge is -2.30. The van der Waals surface area contributed by atoms with Gasteiger partial charge in [-0.05, 0) is 115 Å². The van der Waals surface area contributed by atoms with E-state index in [0.717, 1.165) is 11.2 Å². The minimum absolute atomic E-state index is 0.160. The number of hydrogen-bond acceptors (Lipinski definition) is 2. The Morgan fingerprint density at radius 3 is 0.853 bits per heavy atom. The summed E-state index contributed by atoms with van der Waals surface area (Å²) in [6, 6.07) is 114. The molecule has 3 aromatic heterocycles. The number of nitrogens with zero attached hydrogens (tertiary/aromatic N) is 1. The van der Waals surface area contributed by atoms with Crippen LogP contribution in [0.15, 0.2) is 326 Å². The average molecular weight is 1260 g/mol. The lowest BCUT2D eigenvalue weighted by molar-refractivity contribution is 0.660. The SMILES string of the molecule is CC.CC.CC.CC.CC.CC1(C)c2ccccc2-c2ccccc21.c1ccc(-n2c3ccccc3c3ccccc32)cc1.c1ccc2c(c1)-c1ccccc1C21c2ccccc2-c2ccccc21.c1ccc2c(c1)oc1ccccc12.c1ccc2c(c1)sc1ccccc12. The highest BCUT2D eigenvalue weighted by atomic mass is 32.1. The summed E-state index contributed by atoms with van der Waals surface area (Å²) in [6.45, 7) is 24.6. The summed E-state index contributed by atoms with van der Waals surface area (Å²) in [7, 11) is 0. The van der Waals surface area contributed by atoms with Gasteiger partial charge in [0.05, 0.1) is 16.4 Å². The molecule has 0 saturated heterocycles. The monoisotopic (exact) mass is 1260 g/mol. The number of benzene rings is 13. The number of thiophene rings is 1. The van der Waals surface area contributed by atoms with E-state index in [0.29, 0.717) is 0 Å². The van der Waals surface area contributed by atoms with Gasteiger partial charge in [-0.25, -0.2) is 0 Å². The van der Waals surface area contributed by atoms with Crippen LogP contribution >= 0.6 is 11.3 Å². The van der Waals surface area contributed by atoms with Gasteiger partial charge in [0.1, 0.15) is 11.2 Å². The van der Waals surface area contributed by atoms with Crippen molar-refractivity contribution in [2.75, 3.05) is 0 Å². The number of rotatable bonds is 1. The molecule has 3 aliphatic rings. The second-order valence-electron chi connectivity index (χ2n) is 22.5. The molecular formula is C92H89NOS. The maximum absolute atomic E-state index is 5.65. The van der Waals surface area contributed by atoms with E-state index in [9.17, 15) is 0 Å². The van der Waals surface area contributed by atoms with Gasteiger partial charge in [-0.15, -0.1) is 11.3 Å². The van der Waals surface area contributed by atoms with Gasteiger partial charge in [0, 0.05) is 52.8 Å². The van der Waals surface area contributed by atoms with Crippen molar-refractivity contribution in [1.82, 2.24) is 4.57 Å². The molecule has 474 valence electrons. The van der Waals surface area contributed by atoms with E-state index in [4.69, 9.17) is 4.42 Å². The van der Waals surface area contributed by atoms with Crippen LogP contribution in [0.4, 0.5) is 0 Å². The highest BCUT2D eigenvalue weighted by molar-refractivity contribution is 7.25. The second-order valence-corrected chi connectivity index (χ2v) is 23.6. The van der Waals surface area contributed by atoms with Gasteiger partial charge in [-0.3, -0.25) is 0 Å². The van der Waals surface area contributed by atoms with Gasteiger partial charge in [-0.2, -0.15) is 0 Å². The molecule has 0 saturated carbocycles. The molecule has 0 unspecified atom stereocenters. The van der Waals surface area contributed by atoms with Crippen molar-refractivity contribution >= 4 is 75.3 Å². The molecule has 1 spiro atoms. The van der Waals surface area contributed by atoms with E-state index in [1.54, 1.807) is 0 Å². The first-order chi connectivity index (χ1) is 47.0. The van der Waals surface area contributed by atoms with E-state index in [-0.39, 0.29) is 10.8 Å². The van der Waals surface area contributed by atoms with Gasteiger partial charge < -0.3 is 8.98 Å². The van der Waals surface area contributed by atoms with Crippen molar-refractivity contribution in [2.45, 2.75) is 93.9 Å². The number of fused-ring (bicyclic) bond motifs is 22. The lowest BCUT2D eigenvalue weighted by Crippen LogP contribution is -2.25. The van der Waals surface area contributed by atoms with Gasteiger partial charge in [0.2, 0.25) is 0 Å². The molecule has 0 bridgehead atoms. The molecule has 19 rings (SSSR count). The number of furan rings is 1. The summed E-state index contributed by atoms with van der Waals surface area (Å²) in [5, 5.41) is 7.76. The maximum Gasteiger partial charge on any atom is 0.135 e. The predicted octanol–water partition coefficient (Wildman–Crippen LogP) is 27.6. The van der Waals surface area contributed by atoms with E-state index in [2.05, 4.69) is 304 Å². The molecule has 3 aliphatic carbocycles. The highest BCUT2D eigenvalue weighted by Crippen LogP contribution is 2.62. The summed E-state index contributed by atoms with van der Waals surface area (Å²) in [5.74, 6) is 0. The summed E-state index contributed by atoms with van der Waals surface area (Å²) in [4.78, 5) is 0. The van der Waals surface area contributed by atoms with Crippen LogP contribution in [0.2, 0.25) is 0 Å². The summed E-state index contributed by atoms with van der Waals surface area (Å²) in [5.41, 5.74) is 22.4. The largest absolute Gasteiger partial charge is 0.456 e. The van der Waals surface area contributed by atoms with Gasteiger partial charge in [-0.1, -0.05) is 356 Å². The normalized spacial score (nSPS) is 12.0. The molecule has 2 nitrogen and oxygen atoms in total. The molecule has 3 heteroatoms. The minimum Gasteiger partial charge on any atom is -0.456 e. The van der Waals surface area contributed by atoms with Crippen molar-refractivity contribution in [3.05, 3.63) is 355 Å². The van der Waals surface area contributed by atoms with Crippen LogP contribution in [0.1, 0.15) is 116 Å². The van der Waals surface area contributed by atoms with E-state index >= 15 is 0 Å². The topological polar surface area (TPSA) is 18.1 Å². The molecule has 0 amide bonds. The molecule has 0 fully saturated rings. The molecular weight excluding hydrogens is 1170 g/mol. The zero-order valence-electron chi connectivity index (χ0n) is 57.4. The van der Waals surface area contributed by atoms with Crippen LogP contribution in [-0.4, -0.2) is 4.57 Å². The molecule has 13 aromatic carbocycles. The number of hydrogen-bond donors (Lipinski definition) is 0. The quantitative estimate of drug-likeness (QED) is 0.160. The van der Waals surface area contributed by atoms with E-state index < -0.39 is 0 Å². The maximum atomic E-state index is 5.65. The Balaban J connectivity index is 0.000000128. The van der Waals surface area contributed by atoms with Crippen LogP contribution in [0.5, 0.6) is 0 Å². The molecule has 16 aromatic rings. The average Bonchev–Trinajstić information content (AvgIpc) is 1.51. The van der Waals surface area contributed by atoms with Crippen molar-refractivity contribution in [1.29, 1.82) is 0 Å². The van der Waals surface area contributed by atoms with Gasteiger partial charge in [0.15, 0.2) is 0 Å². The second kappa shape index (κ2) is 31.5. The standard InChI is InChI=1S/C25H16.C18H13N.C15H14.C12H8O.C12H8S.5C2H6/c1-5-13-21-17(9-1)18-10-2-6-14-22(18)25(21)23-15-7-3-11-19(23)20-12-4-8-16-24(20)25;1-2-8-14(9-3-1)19-17-12-6-4-10-15(17)16-11-5-7-13-18(16)19;1-15(2)13-9-5-3-7-11(13)12-8-4-6-10-14(12)15;2*1-3-7-11-9(5-1)10-6-2-4-8-12(10)13-11;5*1-2/h1-16H;1-13H;3-10H,1-2H3;2*1-8H;5*1-2H3. The van der Waals surface area contributed by atoms with Crippen LogP contribution in [0, 0.1) is 0 Å². The summed E-state index contributed by atoms with van der Waals surface area (Å²) < 4.78 is 10.7. The first-order valence-electron chi connectivity index (χ1n) is 34.3. The van der Waals surface area contributed by atoms with E-state index in [1.807, 2.05) is 117 Å². The summed E-state index contributed by atoms with van der Waals surface area (Å²) >= 11 is 1.86. The third-order valence-electron chi connectivity index (χ3n) is 17.6. The van der Waals surface area contributed by atoms with Crippen molar-refractivity contribution < 1.29 is 4.42 Å². The number of aromatic nitrogens is 1. The highest BCUT2D eigenvalue weighted by Gasteiger charge is 2.51. The molecule has 0 atom stereocenters. The Bertz CT molecular complexity index is 4640. The third kappa shape index (κ3) is 12.7. The Kier molecular flexibility index (Phi) is 22.4. The van der Waals surface area contributed by atoms with Crippen molar-refractivity contribution in [2.24, 2.45) is 0 Å². The van der Waals surface area contributed by atoms with Gasteiger partial charge >= 0.3 is 0 Å². The van der Waals surface area contributed by atoms with Crippen LogP contribution in [-0.2, 0) is 10.8 Å². The predicted molar refractivity (Wildman–Crippen MR) is 417 cm³/mol. The van der Waals surface area contributed by atoms with Crippen molar-refractivity contribution in [3.63, 3.8) is 0 Å². The van der Waals surface area contributed by atoms with Crippen LogP contribution in [0.25, 0.3) is 103 Å². The smallest absolute Gasteiger partial charge is 0.135 e. The number of para-hydroxylation sites is 5. The fraction of sp³-hybridized carbons (Fsp3) is 0.152. The van der Waals surface area contributed by atoms with Gasteiger partial charge in [0.25, 0.3) is 0 Å². The van der Waals surface area contributed by atoms with E-state index in [1.165, 1.54) is 125 Å².